The fourth-order valence-electron chi connectivity index (χ4n) is 8.03. The number of nitrogens with zero attached hydrogens (tertiary/aromatic N) is 3. The average Bonchev–Trinajstić information content (AvgIpc) is 3.37. The Hall–Kier alpha value is -6.00. The minimum Gasteiger partial charge on any atom is -0.494 e. The largest absolute Gasteiger partial charge is 0.494 e. The van der Waals surface area contributed by atoms with Crippen LogP contribution in [-0.2, 0) is 31.0 Å². The molecule has 3 amide bonds. The predicted molar refractivity (Wildman–Crippen MR) is 293 cm³/mol. The van der Waals surface area contributed by atoms with Gasteiger partial charge in [0.1, 0.15) is 18.1 Å². The van der Waals surface area contributed by atoms with E-state index < -0.39 is 33.9 Å². The van der Waals surface area contributed by atoms with Gasteiger partial charge >= 0.3 is 6.09 Å². The van der Waals surface area contributed by atoms with Gasteiger partial charge in [0.2, 0.25) is 16.1 Å². The van der Waals surface area contributed by atoms with Gasteiger partial charge in [0, 0.05) is 24.7 Å². The van der Waals surface area contributed by atoms with E-state index in [0.717, 1.165) is 38.5 Å². The van der Waals surface area contributed by atoms with Crippen LogP contribution in [0.3, 0.4) is 0 Å². The van der Waals surface area contributed by atoms with Crippen LogP contribution in [0.4, 0.5) is 33.2 Å². The van der Waals surface area contributed by atoms with Crippen LogP contribution < -0.4 is 29.7 Å². The molecule has 3 N–H and O–H groups in total. The third-order valence-corrected chi connectivity index (χ3v) is 13.9. The minimum atomic E-state index is -3.67. The number of aryl methyl sites for hydroxylation is 1. The van der Waals surface area contributed by atoms with E-state index in [9.17, 15) is 27.6 Å². The molecular weight excluding hydrogens is 968 g/mol. The summed E-state index contributed by atoms with van der Waals surface area (Å²) in [6.45, 7) is 9.90. The molecule has 17 heteroatoms. The van der Waals surface area contributed by atoms with Crippen molar-refractivity contribution in [2.24, 2.45) is 10.2 Å². The SMILES string of the molecule is CCCCCCCCCCCCCCCCS(=O)(=O)Nc1ccc(Cl)c(NC(=O)C(Oc2ccc(COC(=O)N(CC)c3ccc(N=Nc4ccc(C(=O)NCCCCC)cc4)cc3OC)cc2C)C(C)=O)c1. The first-order valence-corrected chi connectivity index (χ1v) is 28.0. The first-order chi connectivity index (χ1) is 35.2. The van der Waals surface area contributed by atoms with Gasteiger partial charge in [-0.15, -0.1) is 0 Å². The Balaban J connectivity index is 1.26. The van der Waals surface area contributed by atoms with E-state index in [-0.39, 0.29) is 47.0 Å². The van der Waals surface area contributed by atoms with Crippen molar-refractivity contribution in [3.8, 4) is 11.5 Å². The number of carbonyl (C=O) groups is 4. The van der Waals surface area contributed by atoms with Gasteiger partial charge in [0.25, 0.3) is 11.8 Å². The summed E-state index contributed by atoms with van der Waals surface area (Å²) in [7, 11) is -2.18. The molecule has 0 spiro atoms. The molecule has 0 aliphatic rings. The lowest BCUT2D eigenvalue weighted by Crippen LogP contribution is -2.38. The number of amides is 3. The average molecular weight is 1050 g/mol. The second-order valence-electron chi connectivity index (χ2n) is 18.3. The number of sulfonamides is 1. The summed E-state index contributed by atoms with van der Waals surface area (Å²) in [5, 5.41) is 14.3. The second kappa shape index (κ2) is 32.2. The highest BCUT2D eigenvalue weighted by Gasteiger charge is 2.28. The number of benzene rings is 4. The molecule has 0 bridgehead atoms. The number of hydrogen-bond acceptors (Lipinski definition) is 11. The first kappa shape index (κ1) is 59.6. The third kappa shape index (κ3) is 21.2. The van der Waals surface area contributed by atoms with Crippen LogP contribution in [0.2, 0.25) is 5.02 Å². The lowest BCUT2D eigenvalue weighted by atomic mass is 10.0. The minimum absolute atomic E-state index is 0.0335. The van der Waals surface area contributed by atoms with Crippen molar-refractivity contribution in [3.63, 3.8) is 0 Å². The van der Waals surface area contributed by atoms with E-state index in [1.54, 1.807) is 74.5 Å². The maximum atomic E-state index is 13.5. The van der Waals surface area contributed by atoms with Gasteiger partial charge in [0.15, 0.2) is 5.78 Å². The van der Waals surface area contributed by atoms with Crippen molar-refractivity contribution in [2.75, 3.05) is 40.9 Å². The number of ketones is 1. The van der Waals surface area contributed by atoms with Crippen LogP contribution in [0.5, 0.6) is 11.5 Å². The molecular formula is C56H77ClN6O9S. The maximum absolute atomic E-state index is 13.5. The number of rotatable bonds is 34. The zero-order chi connectivity index (χ0) is 53.0. The van der Waals surface area contributed by atoms with E-state index in [4.69, 9.17) is 25.8 Å². The number of carbonyl (C=O) groups excluding carboxylic acids is 4. The molecule has 1 unspecified atom stereocenters. The number of anilines is 3. The summed E-state index contributed by atoms with van der Waals surface area (Å²) in [4.78, 5) is 53.6. The van der Waals surface area contributed by atoms with Gasteiger partial charge in [-0.05, 0) is 111 Å². The number of methoxy groups -OCH3 is 1. The van der Waals surface area contributed by atoms with Gasteiger partial charge in [-0.25, -0.2) is 13.2 Å². The van der Waals surface area contributed by atoms with E-state index in [1.165, 1.54) is 101 Å². The molecule has 73 heavy (non-hydrogen) atoms. The topological polar surface area (TPSA) is 194 Å². The Labute approximate surface area is 438 Å². The van der Waals surface area contributed by atoms with Crippen LogP contribution in [0, 0.1) is 6.92 Å². The second-order valence-corrected chi connectivity index (χ2v) is 20.5. The molecule has 0 radical (unpaired) electrons. The molecule has 0 aromatic heterocycles. The Morgan fingerprint density at radius 1 is 0.699 bits per heavy atom. The van der Waals surface area contributed by atoms with Crippen molar-refractivity contribution in [1.82, 2.24) is 5.32 Å². The molecule has 0 aliphatic heterocycles. The summed E-state index contributed by atoms with van der Waals surface area (Å²) >= 11 is 6.42. The van der Waals surface area contributed by atoms with Crippen LogP contribution in [0.15, 0.2) is 89.1 Å². The first-order valence-electron chi connectivity index (χ1n) is 26.0. The van der Waals surface area contributed by atoms with Gasteiger partial charge in [-0.3, -0.25) is 24.0 Å². The standard InChI is InChI=1S/C56H77ClN6O9S/c1-7-10-12-13-14-15-16-17-18-19-20-21-22-24-36-73(68,69)62-47-30-32-48(57)49(38-47)59-55(66)53(42(5)64)72-51-34-25-43(37-41(51)4)40-71-56(67)63(9-3)50-33-31-46(39-52(50)70-6)61-60-45-28-26-44(27-29-45)54(65)58-35-23-11-8-2/h25-34,37-39,53,62H,7-24,35-36,40H2,1-6H3,(H,58,65)(H,59,66). The Kier molecular flexibility index (Phi) is 26.3. The van der Waals surface area contributed by atoms with E-state index in [2.05, 4.69) is 39.4 Å². The monoisotopic (exact) mass is 1040 g/mol. The van der Waals surface area contributed by atoms with Crippen molar-refractivity contribution in [3.05, 3.63) is 101 Å². The van der Waals surface area contributed by atoms with E-state index in [1.807, 2.05) is 0 Å². The van der Waals surface area contributed by atoms with E-state index >= 15 is 0 Å². The molecule has 0 saturated carbocycles. The zero-order valence-electron chi connectivity index (χ0n) is 43.7. The lowest BCUT2D eigenvalue weighted by molar-refractivity contribution is -0.133. The van der Waals surface area contributed by atoms with Crippen LogP contribution in [-0.4, -0.2) is 64.2 Å². The fraction of sp³-hybridized carbons (Fsp3) is 0.500. The Bertz CT molecular complexity index is 2520. The molecule has 4 aromatic carbocycles. The molecule has 4 rings (SSSR count). The molecule has 1 atom stereocenters. The lowest BCUT2D eigenvalue weighted by Gasteiger charge is -2.23. The van der Waals surface area contributed by atoms with Crippen molar-refractivity contribution < 1.29 is 41.8 Å². The van der Waals surface area contributed by atoms with Gasteiger partial charge in [-0.1, -0.05) is 128 Å². The Morgan fingerprint density at radius 2 is 1.30 bits per heavy atom. The number of Topliss-reactive ketones (excluding diaryl/α,β-unsaturated/α-hetero) is 1. The third-order valence-electron chi connectivity index (χ3n) is 12.2. The zero-order valence-corrected chi connectivity index (χ0v) is 45.3. The molecule has 0 aliphatic carbocycles. The summed E-state index contributed by atoms with van der Waals surface area (Å²) in [6, 6.07) is 21.2. The molecule has 0 fully saturated rings. The predicted octanol–water partition coefficient (Wildman–Crippen LogP) is 14.4. The summed E-state index contributed by atoms with van der Waals surface area (Å²) in [5.74, 6) is -0.928. The molecule has 0 saturated heterocycles. The van der Waals surface area contributed by atoms with Gasteiger partial charge in [-0.2, -0.15) is 10.2 Å². The number of azo groups is 1. The summed E-state index contributed by atoms with van der Waals surface area (Å²) in [6.07, 6.45) is 17.3. The van der Waals surface area contributed by atoms with Gasteiger partial charge < -0.3 is 24.8 Å². The van der Waals surface area contributed by atoms with Gasteiger partial charge in [0.05, 0.1) is 46.3 Å². The van der Waals surface area contributed by atoms with Crippen molar-refractivity contribution in [1.29, 1.82) is 0 Å². The highest BCUT2D eigenvalue weighted by molar-refractivity contribution is 7.92. The highest BCUT2D eigenvalue weighted by Crippen LogP contribution is 2.34. The Morgan fingerprint density at radius 3 is 1.90 bits per heavy atom. The van der Waals surface area contributed by atoms with Crippen LogP contribution >= 0.6 is 11.6 Å². The molecule has 0 heterocycles. The van der Waals surface area contributed by atoms with E-state index in [0.29, 0.717) is 52.5 Å². The quantitative estimate of drug-likeness (QED) is 0.0232. The van der Waals surface area contributed by atoms with Crippen LogP contribution in [0.25, 0.3) is 0 Å². The van der Waals surface area contributed by atoms with Crippen molar-refractivity contribution in [2.45, 2.75) is 156 Å². The fourth-order valence-corrected chi connectivity index (χ4v) is 9.36. The summed E-state index contributed by atoms with van der Waals surface area (Å²) < 4.78 is 45.8. The number of nitrogens with one attached hydrogen (secondary N) is 3. The molecule has 398 valence electrons. The number of halogens is 1. The highest BCUT2D eigenvalue weighted by atomic mass is 35.5. The maximum Gasteiger partial charge on any atom is 0.414 e. The molecule has 15 nitrogen and oxygen atoms in total. The van der Waals surface area contributed by atoms with Crippen LogP contribution in [0.1, 0.15) is 158 Å². The number of hydrogen-bond donors (Lipinski definition) is 3. The van der Waals surface area contributed by atoms with Crippen molar-refractivity contribution >= 4 is 73.8 Å². The smallest absolute Gasteiger partial charge is 0.414 e. The normalized spacial score (nSPS) is 11.8. The summed E-state index contributed by atoms with van der Waals surface area (Å²) in [5.41, 5.74) is 3.55. The number of unbranched alkanes of at least 4 members (excludes halogenated alkanes) is 15. The molecule has 4 aromatic rings. The number of ether oxygens (including phenoxy) is 3.